The molecule has 0 aromatic rings. The molecule has 1 saturated carbocycles. The van der Waals surface area contributed by atoms with Crippen molar-refractivity contribution >= 4 is 0 Å². The Morgan fingerprint density at radius 2 is 1.57 bits per heavy atom. The zero-order valence-electron chi connectivity index (χ0n) is 13.9. The van der Waals surface area contributed by atoms with Crippen molar-refractivity contribution in [1.82, 2.24) is 0 Å². The molecule has 0 N–H and O–H groups in total. The largest absolute Gasteiger partial charge is 0.339 e. The van der Waals surface area contributed by atoms with E-state index in [0.29, 0.717) is 11.8 Å². The molecule has 0 aromatic carbocycles. The number of hydrogen-bond acceptors (Lipinski definition) is 2. The summed E-state index contributed by atoms with van der Waals surface area (Å²) in [5, 5.41) is 0. The molecule has 1 aliphatic heterocycles. The van der Waals surface area contributed by atoms with Crippen molar-refractivity contribution in [2.45, 2.75) is 65.6 Å². The molecule has 2 rings (SSSR count). The monoisotopic (exact) mass is 288 g/mol. The SMILES string of the molecule is CC#CC1(C)CCC(CC2(C#CC)OCC(C)CO2)CC1. The van der Waals surface area contributed by atoms with Crippen molar-refractivity contribution in [3.05, 3.63) is 0 Å². The third-order valence-electron chi connectivity index (χ3n) is 4.71. The van der Waals surface area contributed by atoms with Gasteiger partial charge in [0.2, 0.25) is 5.79 Å². The Balaban J connectivity index is 1.96. The lowest BCUT2D eigenvalue weighted by Gasteiger charge is -2.40. The minimum atomic E-state index is -0.657. The Labute approximate surface area is 130 Å². The van der Waals surface area contributed by atoms with Gasteiger partial charge in [0.1, 0.15) is 0 Å². The summed E-state index contributed by atoms with van der Waals surface area (Å²) in [4.78, 5) is 0. The van der Waals surface area contributed by atoms with Crippen LogP contribution in [0.25, 0.3) is 0 Å². The quantitative estimate of drug-likeness (QED) is 0.715. The number of hydrogen-bond donors (Lipinski definition) is 0. The Bertz CT molecular complexity index is 455. The average Bonchev–Trinajstić information content (AvgIpc) is 2.46. The maximum atomic E-state index is 6.00. The van der Waals surface area contributed by atoms with E-state index in [1.807, 2.05) is 13.8 Å². The standard InChI is InChI=1S/C19H28O2/c1-5-9-18(4)11-7-17(8-12-18)13-19(10-6-2)20-14-16(3)15-21-19/h16-17H,7-8,11-15H2,1-4H3. The fourth-order valence-electron chi connectivity index (χ4n) is 3.40. The van der Waals surface area contributed by atoms with Crippen LogP contribution in [0.15, 0.2) is 0 Å². The van der Waals surface area contributed by atoms with Crippen LogP contribution in [-0.4, -0.2) is 19.0 Å². The van der Waals surface area contributed by atoms with Crippen LogP contribution in [0.4, 0.5) is 0 Å². The van der Waals surface area contributed by atoms with E-state index in [4.69, 9.17) is 9.47 Å². The Morgan fingerprint density at radius 1 is 1.00 bits per heavy atom. The van der Waals surface area contributed by atoms with Crippen molar-refractivity contribution in [1.29, 1.82) is 0 Å². The fourth-order valence-corrected chi connectivity index (χ4v) is 3.40. The first-order valence-corrected chi connectivity index (χ1v) is 8.16. The zero-order chi connectivity index (χ0) is 15.3. The molecule has 2 heteroatoms. The first-order chi connectivity index (χ1) is 10.0. The summed E-state index contributed by atoms with van der Waals surface area (Å²) in [5.74, 6) is 13.1. The van der Waals surface area contributed by atoms with Crippen molar-refractivity contribution in [3.63, 3.8) is 0 Å². The van der Waals surface area contributed by atoms with Gasteiger partial charge in [-0.05, 0) is 58.3 Å². The van der Waals surface area contributed by atoms with Crippen LogP contribution in [0.2, 0.25) is 0 Å². The predicted molar refractivity (Wildman–Crippen MR) is 85.4 cm³/mol. The van der Waals surface area contributed by atoms with Gasteiger partial charge >= 0.3 is 0 Å². The summed E-state index contributed by atoms with van der Waals surface area (Å²) in [6, 6.07) is 0. The summed E-state index contributed by atoms with van der Waals surface area (Å²) in [6.45, 7) is 9.74. The lowest BCUT2D eigenvalue weighted by molar-refractivity contribution is -0.254. The second kappa shape index (κ2) is 6.87. The lowest BCUT2D eigenvalue weighted by Crippen LogP contribution is -2.44. The van der Waals surface area contributed by atoms with Gasteiger partial charge in [0.15, 0.2) is 0 Å². The Kier molecular flexibility index (Phi) is 5.37. The molecule has 2 nitrogen and oxygen atoms in total. The molecule has 2 aliphatic rings. The van der Waals surface area contributed by atoms with Crippen LogP contribution in [0, 0.1) is 40.9 Å². The highest BCUT2D eigenvalue weighted by Gasteiger charge is 2.39. The van der Waals surface area contributed by atoms with Crippen molar-refractivity contribution in [3.8, 4) is 23.7 Å². The van der Waals surface area contributed by atoms with Crippen LogP contribution in [-0.2, 0) is 9.47 Å². The van der Waals surface area contributed by atoms with Gasteiger partial charge < -0.3 is 9.47 Å². The van der Waals surface area contributed by atoms with E-state index in [0.717, 1.165) is 19.6 Å². The highest BCUT2D eigenvalue weighted by molar-refractivity contribution is 5.12. The molecule has 0 unspecified atom stereocenters. The highest BCUT2D eigenvalue weighted by Crippen LogP contribution is 2.42. The predicted octanol–water partition coefficient (Wildman–Crippen LogP) is 4.00. The molecule has 0 bridgehead atoms. The molecule has 2 fully saturated rings. The minimum Gasteiger partial charge on any atom is -0.339 e. The number of ether oxygens (including phenoxy) is 2. The average molecular weight is 288 g/mol. The first-order valence-electron chi connectivity index (χ1n) is 8.16. The van der Waals surface area contributed by atoms with Gasteiger partial charge in [-0.25, -0.2) is 0 Å². The van der Waals surface area contributed by atoms with Gasteiger partial charge in [-0.2, -0.15) is 0 Å². The summed E-state index contributed by atoms with van der Waals surface area (Å²) in [5.41, 5.74) is 0.206. The summed E-state index contributed by atoms with van der Waals surface area (Å²) in [6.07, 6.45) is 5.63. The van der Waals surface area contributed by atoms with Gasteiger partial charge in [-0.1, -0.05) is 12.8 Å². The fraction of sp³-hybridized carbons (Fsp3) is 0.789. The van der Waals surface area contributed by atoms with E-state index in [-0.39, 0.29) is 5.41 Å². The Morgan fingerprint density at radius 3 is 2.10 bits per heavy atom. The van der Waals surface area contributed by atoms with E-state index >= 15 is 0 Å². The zero-order valence-corrected chi connectivity index (χ0v) is 13.9. The topological polar surface area (TPSA) is 18.5 Å². The first kappa shape index (κ1) is 16.4. The number of rotatable bonds is 2. The molecule has 0 radical (unpaired) electrons. The van der Waals surface area contributed by atoms with Crippen LogP contribution >= 0.6 is 0 Å². The van der Waals surface area contributed by atoms with E-state index in [1.54, 1.807) is 0 Å². The normalized spacial score (nSPS) is 39.6. The minimum absolute atomic E-state index is 0.206. The molecular formula is C19H28O2. The molecule has 116 valence electrons. The maximum absolute atomic E-state index is 6.00. The molecule has 21 heavy (non-hydrogen) atoms. The second-order valence-electron chi connectivity index (χ2n) is 6.94. The molecule has 1 aliphatic carbocycles. The van der Waals surface area contributed by atoms with Gasteiger partial charge in [0.05, 0.1) is 13.2 Å². The third kappa shape index (κ3) is 4.26. The maximum Gasteiger partial charge on any atom is 0.233 e. The van der Waals surface area contributed by atoms with Crippen molar-refractivity contribution < 1.29 is 9.47 Å². The van der Waals surface area contributed by atoms with Crippen LogP contribution in [0.3, 0.4) is 0 Å². The van der Waals surface area contributed by atoms with Gasteiger partial charge in [0.25, 0.3) is 0 Å². The van der Waals surface area contributed by atoms with Crippen LogP contribution < -0.4 is 0 Å². The van der Waals surface area contributed by atoms with Crippen LogP contribution in [0.1, 0.15) is 59.8 Å². The van der Waals surface area contributed by atoms with Crippen molar-refractivity contribution in [2.24, 2.45) is 17.3 Å². The third-order valence-corrected chi connectivity index (χ3v) is 4.71. The molecule has 0 spiro atoms. The van der Waals surface area contributed by atoms with Gasteiger partial charge in [-0.3, -0.25) is 0 Å². The van der Waals surface area contributed by atoms with Gasteiger partial charge in [0, 0.05) is 17.8 Å². The van der Waals surface area contributed by atoms with E-state index < -0.39 is 5.79 Å². The summed E-state index contributed by atoms with van der Waals surface area (Å²) < 4.78 is 12.0. The van der Waals surface area contributed by atoms with Crippen molar-refractivity contribution in [2.75, 3.05) is 13.2 Å². The molecule has 1 heterocycles. The lowest BCUT2D eigenvalue weighted by atomic mass is 9.70. The smallest absolute Gasteiger partial charge is 0.233 e. The molecule has 0 atom stereocenters. The summed E-state index contributed by atoms with van der Waals surface area (Å²) in [7, 11) is 0. The summed E-state index contributed by atoms with van der Waals surface area (Å²) >= 11 is 0. The molecule has 1 saturated heterocycles. The molecule has 0 amide bonds. The van der Waals surface area contributed by atoms with E-state index in [1.165, 1.54) is 25.7 Å². The van der Waals surface area contributed by atoms with E-state index in [2.05, 4.69) is 37.5 Å². The van der Waals surface area contributed by atoms with Gasteiger partial charge in [-0.15, -0.1) is 11.8 Å². The molecule has 0 aromatic heterocycles. The van der Waals surface area contributed by atoms with E-state index in [9.17, 15) is 0 Å². The molecular weight excluding hydrogens is 260 g/mol. The highest BCUT2D eigenvalue weighted by atomic mass is 16.7. The Hall–Kier alpha value is -0.960. The second-order valence-corrected chi connectivity index (χ2v) is 6.94. The van der Waals surface area contributed by atoms with Crippen LogP contribution in [0.5, 0.6) is 0 Å².